The summed E-state index contributed by atoms with van der Waals surface area (Å²) < 4.78 is 5.52. The number of nitrogens with zero attached hydrogens (tertiary/aromatic N) is 1. The van der Waals surface area contributed by atoms with Gasteiger partial charge in [0.05, 0.1) is 6.54 Å². The van der Waals surface area contributed by atoms with Crippen molar-refractivity contribution in [2.75, 3.05) is 6.54 Å². The van der Waals surface area contributed by atoms with Crippen LogP contribution in [0.1, 0.15) is 41.1 Å². The highest BCUT2D eigenvalue weighted by Crippen LogP contribution is 2.38. The molecule has 0 amide bonds. The first kappa shape index (κ1) is 10.8. The fourth-order valence-corrected chi connectivity index (χ4v) is 3.25. The van der Waals surface area contributed by atoms with Crippen molar-refractivity contribution >= 4 is 5.97 Å². The van der Waals surface area contributed by atoms with E-state index < -0.39 is 5.97 Å². The molecule has 2 bridgehead atoms. The van der Waals surface area contributed by atoms with E-state index in [0.29, 0.717) is 17.4 Å². The summed E-state index contributed by atoms with van der Waals surface area (Å²) in [7, 11) is 0. The largest absolute Gasteiger partial charge is 0.478 e. The molecule has 2 heterocycles. The van der Waals surface area contributed by atoms with E-state index in [2.05, 4.69) is 4.90 Å². The molecule has 1 aromatic heterocycles. The molecule has 0 spiro atoms. The number of piperidine rings is 1. The molecule has 17 heavy (non-hydrogen) atoms. The second kappa shape index (κ2) is 3.88. The van der Waals surface area contributed by atoms with Gasteiger partial charge in [-0.1, -0.05) is 0 Å². The van der Waals surface area contributed by atoms with Crippen molar-refractivity contribution in [1.82, 2.24) is 4.90 Å². The van der Waals surface area contributed by atoms with E-state index in [1.807, 2.05) is 0 Å². The zero-order chi connectivity index (χ0) is 12.0. The lowest BCUT2D eigenvalue weighted by molar-refractivity contribution is 0.0695. The van der Waals surface area contributed by atoms with E-state index in [9.17, 15) is 4.79 Å². The van der Waals surface area contributed by atoms with Crippen molar-refractivity contribution in [2.45, 2.75) is 38.8 Å². The second-order valence-electron chi connectivity index (χ2n) is 5.25. The average Bonchev–Trinajstić information content (AvgIpc) is 2.93. The highest BCUT2D eigenvalue weighted by atomic mass is 16.4. The van der Waals surface area contributed by atoms with Gasteiger partial charge < -0.3 is 9.52 Å². The predicted octanol–water partition coefficient (Wildman–Crippen LogP) is 2.27. The lowest BCUT2D eigenvalue weighted by atomic mass is 10.1. The SMILES string of the molecule is Cc1oc(CN2CC3CCC2C3)cc1C(=O)O. The average molecular weight is 235 g/mol. The van der Waals surface area contributed by atoms with Gasteiger partial charge in [-0.15, -0.1) is 0 Å². The van der Waals surface area contributed by atoms with Crippen LogP contribution >= 0.6 is 0 Å². The molecule has 1 saturated heterocycles. The first-order chi connectivity index (χ1) is 8.13. The number of likely N-dealkylation sites (tertiary alicyclic amines) is 1. The van der Waals surface area contributed by atoms with Crippen molar-refractivity contribution in [3.05, 3.63) is 23.2 Å². The topological polar surface area (TPSA) is 53.7 Å². The maximum Gasteiger partial charge on any atom is 0.339 e. The summed E-state index contributed by atoms with van der Waals surface area (Å²) in [6.07, 6.45) is 3.96. The van der Waals surface area contributed by atoms with E-state index in [0.717, 1.165) is 24.8 Å². The Morgan fingerprint density at radius 3 is 2.94 bits per heavy atom. The Kier molecular flexibility index (Phi) is 2.47. The number of aryl methyl sites for hydroxylation is 1. The molecule has 0 radical (unpaired) electrons. The number of hydrogen-bond donors (Lipinski definition) is 1. The summed E-state index contributed by atoms with van der Waals surface area (Å²) in [5.74, 6) is 1.25. The van der Waals surface area contributed by atoms with Crippen molar-refractivity contribution in [2.24, 2.45) is 5.92 Å². The van der Waals surface area contributed by atoms with Gasteiger partial charge >= 0.3 is 5.97 Å². The minimum absolute atomic E-state index is 0.296. The van der Waals surface area contributed by atoms with Gasteiger partial charge in [-0.2, -0.15) is 0 Å². The summed E-state index contributed by atoms with van der Waals surface area (Å²) >= 11 is 0. The third-order valence-electron chi connectivity index (χ3n) is 4.08. The molecule has 0 aromatic carbocycles. The third kappa shape index (κ3) is 1.86. The number of fused-ring (bicyclic) bond motifs is 2. The van der Waals surface area contributed by atoms with E-state index in [1.165, 1.54) is 19.3 Å². The van der Waals surface area contributed by atoms with Gasteiger partial charge in [0.25, 0.3) is 0 Å². The second-order valence-corrected chi connectivity index (χ2v) is 5.25. The van der Waals surface area contributed by atoms with Crippen LogP contribution in [0.25, 0.3) is 0 Å². The van der Waals surface area contributed by atoms with Crippen LogP contribution in [-0.4, -0.2) is 28.6 Å². The molecule has 4 nitrogen and oxygen atoms in total. The predicted molar refractivity (Wildman–Crippen MR) is 61.9 cm³/mol. The van der Waals surface area contributed by atoms with Crippen molar-refractivity contribution in [3.63, 3.8) is 0 Å². The zero-order valence-corrected chi connectivity index (χ0v) is 9.98. The molecule has 2 atom stereocenters. The number of carboxylic acids is 1. The number of rotatable bonds is 3. The minimum Gasteiger partial charge on any atom is -0.478 e. The molecular formula is C13H17NO3. The Labute approximate surface area is 100 Å². The van der Waals surface area contributed by atoms with Gasteiger partial charge in [0.15, 0.2) is 0 Å². The van der Waals surface area contributed by atoms with Crippen molar-refractivity contribution in [3.8, 4) is 0 Å². The van der Waals surface area contributed by atoms with Gasteiger partial charge in [-0.3, -0.25) is 4.90 Å². The Hall–Kier alpha value is -1.29. The molecule has 1 saturated carbocycles. The number of furan rings is 1. The van der Waals surface area contributed by atoms with Crippen LogP contribution in [0.2, 0.25) is 0 Å². The summed E-state index contributed by atoms with van der Waals surface area (Å²) in [4.78, 5) is 13.4. The number of aromatic carboxylic acids is 1. The lowest BCUT2D eigenvalue weighted by Crippen LogP contribution is -2.31. The Morgan fingerprint density at radius 2 is 2.41 bits per heavy atom. The summed E-state index contributed by atoms with van der Waals surface area (Å²) in [6.45, 7) is 3.62. The lowest BCUT2D eigenvalue weighted by Gasteiger charge is -2.25. The van der Waals surface area contributed by atoms with Crippen molar-refractivity contribution in [1.29, 1.82) is 0 Å². The highest BCUT2D eigenvalue weighted by Gasteiger charge is 2.37. The molecule has 3 rings (SSSR count). The molecule has 2 aliphatic rings. The molecule has 2 fully saturated rings. The molecule has 92 valence electrons. The highest BCUT2D eigenvalue weighted by molar-refractivity contribution is 5.88. The smallest absolute Gasteiger partial charge is 0.339 e. The summed E-state index contributed by atoms with van der Waals surface area (Å²) in [5, 5.41) is 8.97. The molecule has 1 aliphatic heterocycles. The van der Waals surface area contributed by atoms with Crippen LogP contribution < -0.4 is 0 Å². The van der Waals surface area contributed by atoms with E-state index in [4.69, 9.17) is 9.52 Å². The molecule has 2 unspecified atom stereocenters. The molecule has 4 heteroatoms. The minimum atomic E-state index is -0.902. The summed E-state index contributed by atoms with van der Waals surface area (Å²) in [6, 6.07) is 2.36. The van der Waals surface area contributed by atoms with Gasteiger partial charge in [-0.25, -0.2) is 4.79 Å². The van der Waals surface area contributed by atoms with Crippen molar-refractivity contribution < 1.29 is 14.3 Å². The van der Waals surface area contributed by atoms with Crippen LogP contribution in [0, 0.1) is 12.8 Å². The van der Waals surface area contributed by atoms with Crippen LogP contribution in [0.15, 0.2) is 10.5 Å². The van der Waals surface area contributed by atoms with Crippen LogP contribution in [0.5, 0.6) is 0 Å². The Balaban J connectivity index is 1.73. The maximum absolute atomic E-state index is 10.9. The van der Waals surface area contributed by atoms with Gasteiger partial charge in [-0.05, 0) is 38.2 Å². The van der Waals surface area contributed by atoms with E-state index >= 15 is 0 Å². The third-order valence-corrected chi connectivity index (χ3v) is 4.08. The standard InChI is InChI=1S/C13H17NO3/c1-8-12(13(15)16)5-11(17-8)7-14-6-9-2-3-10(14)4-9/h5,9-10H,2-4,6-7H2,1H3,(H,15,16). The number of hydrogen-bond acceptors (Lipinski definition) is 3. The quantitative estimate of drug-likeness (QED) is 0.873. The fourth-order valence-electron chi connectivity index (χ4n) is 3.25. The first-order valence-electron chi connectivity index (χ1n) is 6.20. The molecule has 1 aliphatic carbocycles. The van der Waals surface area contributed by atoms with Crippen LogP contribution in [-0.2, 0) is 6.54 Å². The maximum atomic E-state index is 10.9. The van der Waals surface area contributed by atoms with E-state index in [1.54, 1.807) is 13.0 Å². The fraction of sp³-hybridized carbons (Fsp3) is 0.615. The van der Waals surface area contributed by atoms with Crippen LogP contribution in [0.3, 0.4) is 0 Å². The number of carbonyl (C=O) groups is 1. The molecular weight excluding hydrogens is 218 g/mol. The zero-order valence-electron chi connectivity index (χ0n) is 9.98. The summed E-state index contributed by atoms with van der Waals surface area (Å²) in [5.41, 5.74) is 0.296. The Bertz CT molecular complexity index is 452. The monoisotopic (exact) mass is 235 g/mol. The first-order valence-corrected chi connectivity index (χ1v) is 6.20. The Morgan fingerprint density at radius 1 is 1.59 bits per heavy atom. The molecule has 1 N–H and O–H groups in total. The van der Waals surface area contributed by atoms with Crippen LogP contribution in [0.4, 0.5) is 0 Å². The van der Waals surface area contributed by atoms with Gasteiger partial charge in [0, 0.05) is 12.6 Å². The van der Waals surface area contributed by atoms with Gasteiger partial charge in [0.1, 0.15) is 17.1 Å². The van der Waals surface area contributed by atoms with Gasteiger partial charge in [0.2, 0.25) is 0 Å². The molecule has 1 aromatic rings. The number of carboxylic acid groups (broad SMARTS) is 1. The van der Waals surface area contributed by atoms with E-state index in [-0.39, 0.29) is 0 Å². The normalized spacial score (nSPS) is 27.8.